The van der Waals surface area contributed by atoms with E-state index in [1.807, 2.05) is 0 Å². The van der Waals surface area contributed by atoms with Gasteiger partial charge in [-0.05, 0) is 12.1 Å². The Balaban J connectivity index is 3.26. The van der Waals surface area contributed by atoms with E-state index in [1.165, 1.54) is 31.2 Å². The van der Waals surface area contributed by atoms with Crippen LogP contribution in [0.25, 0.3) is 0 Å². The Hall–Kier alpha value is -2.77. The van der Waals surface area contributed by atoms with Crippen molar-refractivity contribution < 1.29 is 19.3 Å². The van der Waals surface area contributed by atoms with Crippen molar-refractivity contribution in [3.8, 4) is 0 Å². The van der Waals surface area contributed by atoms with Crippen LogP contribution < -0.4 is 5.01 Å². The molecule has 0 aliphatic rings. The fraction of sp³-hybridized carbons (Fsp3) is 0.250. The first-order chi connectivity index (χ1) is 9.25. The number of carbonyl (C=O) groups is 3. The van der Waals surface area contributed by atoms with Gasteiger partial charge in [-0.3, -0.25) is 24.5 Å². The summed E-state index contributed by atoms with van der Waals surface area (Å²) in [5.41, 5.74) is 0.0305. The maximum Gasteiger partial charge on any atom is 0.269 e. The number of nitro benzene ring substituents is 1. The zero-order valence-corrected chi connectivity index (χ0v) is 11.2. The second-order valence-corrected chi connectivity index (χ2v) is 3.95. The zero-order valence-electron chi connectivity index (χ0n) is 11.2. The normalized spacial score (nSPS) is 9.75. The molecule has 0 unspecified atom stereocenters. The Morgan fingerprint density at radius 1 is 0.950 bits per heavy atom. The molecule has 0 fully saturated rings. The lowest BCUT2D eigenvalue weighted by atomic mass is 10.2. The van der Waals surface area contributed by atoms with Gasteiger partial charge >= 0.3 is 0 Å². The summed E-state index contributed by atoms with van der Waals surface area (Å²) >= 11 is 0. The number of hydrogen-bond donors (Lipinski definition) is 0. The van der Waals surface area contributed by atoms with Crippen LogP contribution in [0.4, 0.5) is 11.4 Å². The predicted octanol–water partition coefficient (Wildman–Crippen LogP) is 1.26. The number of hydrazine groups is 1. The molecule has 0 saturated heterocycles. The average Bonchev–Trinajstić information content (AvgIpc) is 2.34. The number of amides is 3. The maximum absolute atomic E-state index is 11.7. The summed E-state index contributed by atoms with van der Waals surface area (Å²) in [4.78, 5) is 44.6. The first-order valence-electron chi connectivity index (χ1n) is 5.62. The topological polar surface area (TPSA) is 101 Å². The quantitative estimate of drug-likeness (QED) is 0.599. The zero-order chi connectivity index (χ0) is 15.4. The monoisotopic (exact) mass is 279 g/mol. The molecular formula is C12H13N3O5. The molecule has 0 saturated carbocycles. The van der Waals surface area contributed by atoms with Gasteiger partial charge in [0, 0.05) is 32.9 Å². The maximum atomic E-state index is 11.7. The van der Waals surface area contributed by atoms with Crippen LogP contribution in [0.15, 0.2) is 24.3 Å². The Labute approximate surface area is 114 Å². The van der Waals surface area contributed by atoms with Crippen molar-refractivity contribution in [1.82, 2.24) is 5.01 Å². The third-order valence-corrected chi connectivity index (χ3v) is 2.40. The van der Waals surface area contributed by atoms with Gasteiger partial charge in [0.25, 0.3) is 5.69 Å². The average molecular weight is 279 g/mol. The van der Waals surface area contributed by atoms with Gasteiger partial charge in [-0.2, -0.15) is 5.01 Å². The highest BCUT2D eigenvalue weighted by Crippen LogP contribution is 2.21. The summed E-state index contributed by atoms with van der Waals surface area (Å²) < 4.78 is 0. The van der Waals surface area contributed by atoms with Crippen LogP contribution in [0.3, 0.4) is 0 Å². The number of anilines is 1. The highest BCUT2D eigenvalue weighted by atomic mass is 16.6. The summed E-state index contributed by atoms with van der Waals surface area (Å²) in [6.07, 6.45) is 0. The lowest BCUT2D eigenvalue weighted by molar-refractivity contribution is -0.384. The van der Waals surface area contributed by atoms with Crippen molar-refractivity contribution in [2.45, 2.75) is 20.8 Å². The Kier molecular flexibility index (Phi) is 4.52. The fourth-order valence-corrected chi connectivity index (χ4v) is 1.66. The van der Waals surface area contributed by atoms with Crippen LogP contribution in [0, 0.1) is 10.1 Å². The molecule has 0 spiro atoms. The number of imide groups is 1. The summed E-state index contributed by atoms with van der Waals surface area (Å²) in [6, 6.07) is 4.95. The molecule has 0 radical (unpaired) electrons. The van der Waals surface area contributed by atoms with Gasteiger partial charge in [-0.25, -0.2) is 5.01 Å². The second-order valence-electron chi connectivity index (χ2n) is 3.95. The molecule has 8 nitrogen and oxygen atoms in total. The largest absolute Gasteiger partial charge is 0.273 e. The number of nitrogens with zero attached hydrogens (tertiary/aromatic N) is 3. The van der Waals surface area contributed by atoms with E-state index < -0.39 is 22.6 Å². The minimum absolute atomic E-state index is 0.158. The van der Waals surface area contributed by atoms with Crippen LogP contribution in [0.2, 0.25) is 0 Å². The van der Waals surface area contributed by atoms with Crippen molar-refractivity contribution in [1.29, 1.82) is 0 Å². The van der Waals surface area contributed by atoms with Crippen molar-refractivity contribution in [3.05, 3.63) is 34.4 Å². The van der Waals surface area contributed by atoms with Gasteiger partial charge < -0.3 is 0 Å². The van der Waals surface area contributed by atoms with E-state index in [2.05, 4.69) is 0 Å². The van der Waals surface area contributed by atoms with Gasteiger partial charge in [0.2, 0.25) is 17.7 Å². The predicted molar refractivity (Wildman–Crippen MR) is 69.5 cm³/mol. The fourth-order valence-electron chi connectivity index (χ4n) is 1.66. The molecule has 1 rings (SSSR count). The van der Waals surface area contributed by atoms with Gasteiger partial charge in [0.1, 0.15) is 0 Å². The van der Waals surface area contributed by atoms with Crippen LogP contribution in [0.1, 0.15) is 20.8 Å². The van der Waals surface area contributed by atoms with Crippen molar-refractivity contribution >= 4 is 29.1 Å². The van der Waals surface area contributed by atoms with Gasteiger partial charge in [-0.1, -0.05) is 0 Å². The first kappa shape index (κ1) is 15.3. The molecule has 20 heavy (non-hydrogen) atoms. The highest BCUT2D eigenvalue weighted by molar-refractivity contribution is 6.03. The molecule has 0 atom stereocenters. The molecule has 1 aromatic rings. The minimum Gasteiger partial charge on any atom is -0.273 e. The standard InChI is InChI=1S/C12H13N3O5/c1-8(16)13(9(2)17)14(10(3)18)11-4-6-12(7-5-11)15(19)20/h4-7H,1-3H3. The van der Waals surface area contributed by atoms with E-state index in [-0.39, 0.29) is 11.4 Å². The molecule has 106 valence electrons. The number of hydrogen-bond acceptors (Lipinski definition) is 5. The smallest absolute Gasteiger partial charge is 0.269 e. The third-order valence-electron chi connectivity index (χ3n) is 2.40. The Morgan fingerprint density at radius 3 is 1.70 bits per heavy atom. The number of benzene rings is 1. The summed E-state index contributed by atoms with van der Waals surface area (Å²) in [7, 11) is 0. The van der Waals surface area contributed by atoms with E-state index in [0.717, 1.165) is 18.9 Å². The number of nitro groups is 1. The van der Waals surface area contributed by atoms with Crippen LogP contribution >= 0.6 is 0 Å². The Morgan fingerprint density at radius 2 is 1.40 bits per heavy atom. The Bertz CT molecular complexity index is 553. The van der Waals surface area contributed by atoms with E-state index in [9.17, 15) is 24.5 Å². The SMILES string of the molecule is CC(=O)N(C(C)=O)N(C(C)=O)c1ccc([N+](=O)[O-])cc1. The molecule has 0 N–H and O–H groups in total. The molecule has 0 aliphatic heterocycles. The van der Waals surface area contributed by atoms with E-state index in [1.54, 1.807) is 0 Å². The van der Waals surface area contributed by atoms with Crippen LogP contribution in [-0.4, -0.2) is 27.7 Å². The lowest BCUT2D eigenvalue weighted by Gasteiger charge is -2.30. The molecule has 0 bridgehead atoms. The van der Waals surface area contributed by atoms with Crippen LogP contribution in [-0.2, 0) is 14.4 Å². The molecule has 1 aromatic carbocycles. The van der Waals surface area contributed by atoms with E-state index in [0.29, 0.717) is 5.01 Å². The van der Waals surface area contributed by atoms with Crippen molar-refractivity contribution in [2.75, 3.05) is 5.01 Å². The molecule has 0 aliphatic carbocycles. The van der Waals surface area contributed by atoms with Gasteiger partial charge in [0.15, 0.2) is 0 Å². The molecule has 8 heteroatoms. The first-order valence-corrected chi connectivity index (χ1v) is 5.62. The van der Waals surface area contributed by atoms with E-state index >= 15 is 0 Å². The summed E-state index contributed by atoms with van der Waals surface area (Å²) in [5, 5.41) is 12.1. The number of non-ortho nitro benzene ring substituents is 1. The highest BCUT2D eigenvalue weighted by Gasteiger charge is 2.26. The van der Waals surface area contributed by atoms with Crippen LogP contribution in [0.5, 0.6) is 0 Å². The molecular weight excluding hydrogens is 266 g/mol. The van der Waals surface area contributed by atoms with Crippen molar-refractivity contribution in [3.63, 3.8) is 0 Å². The number of carbonyl (C=O) groups excluding carboxylic acids is 3. The van der Waals surface area contributed by atoms with Gasteiger partial charge in [0.05, 0.1) is 10.6 Å². The summed E-state index contributed by atoms with van der Waals surface area (Å²) in [5.74, 6) is -1.83. The third kappa shape index (κ3) is 3.16. The van der Waals surface area contributed by atoms with E-state index in [4.69, 9.17) is 0 Å². The van der Waals surface area contributed by atoms with Gasteiger partial charge in [-0.15, -0.1) is 0 Å². The second kappa shape index (κ2) is 5.91. The minimum atomic E-state index is -0.633. The molecule has 0 heterocycles. The summed E-state index contributed by atoms with van der Waals surface area (Å²) in [6.45, 7) is 3.46. The number of rotatable bonds is 2. The molecule has 0 aromatic heterocycles. The van der Waals surface area contributed by atoms with Crippen molar-refractivity contribution in [2.24, 2.45) is 0 Å². The lowest BCUT2D eigenvalue weighted by Crippen LogP contribution is -2.51. The molecule has 3 amide bonds.